The number of nitrogens with zero attached hydrogens (tertiary/aromatic N) is 1. The summed E-state index contributed by atoms with van der Waals surface area (Å²) >= 11 is 0. The molecule has 1 rings (SSSR count). The van der Waals surface area contributed by atoms with Gasteiger partial charge in [0.1, 0.15) is 0 Å². The first-order valence-electron chi connectivity index (χ1n) is 4.90. The van der Waals surface area contributed by atoms with E-state index in [0.29, 0.717) is 18.9 Å². The lowest BCUT2D eigenvalue weighted by molar-refractivity contribution is -0.145. The predicted molar refractivity (Wildman–Crippen MR) is 51.5 cm³/mol. The van der Waals surface area contributed by atoms with Crippen LogP contribution >= 0.6 is 0 Å². The summed E-state index contributed by atoms with van der Waals surface area (Å²) in [5, 5.41) is 0. The van der Waals surface area contributed by atoms with E-state index in [2.05, 4.69) is 18.6 Å². The van der Waals surface area contributed by atoms with Crippen LogP contribution < -0.4 is 0 Å². The second-order valence-corrected chi connectivity index (χ2v) is 4.12. The normalized spacial score (nSPS) is 21.9. The molecule has 0 aromatic rings. The van der Waals surface area contributed by atoms with Gasteiger partial charge in [-0.1, -0.05) is 13.8 Å². The highest BCUT2D eigenvalue weighted by molar-refractivity contribution is 5.86. The maximum atomic E-state index is 11.5. The minimum Gasteiger partial charge on any atom is -0.469 e. The number of likely N-dealkylation sites (tertiary alicyclic amines) is 1. The van der Waals surface area contributed by atoms with Gasteiger partial charge in [0.25, 0.3) is 0 Å². The Balaban J connectivity index is 2.51. The van der Waals surface area contributed by atoms with Crippen molar-refractivity contribution >= 4 is 11.9 Å². The number of hydrogen-bond acceptors (Lipinski definition) is 3. The van der Waals surface area contributed by atoms with Crippen molar-refractivity contribution < 1.29 is 14.3 Å². The van der Waals surface area contributed by atoms with Crippen LogP contribution in [0.3, 0.4) is 0 Å². The lowest BCUT2D eigenvalue weighted by Gasteiger charge is -2.18. The van der Waals surface area contributed by atoms with Crippen molar-refractivity contribution in [2.75, 3.05) is 20.2 Å². The van der Waals surface area contributed by atoms with E-state index in [1.165, 1.54) is 7.11 Å². The summed E-state index contributed by atoms with van der Waals surface area (Å²) in [6.45, 7) is 5.35. The number of amides is 1. The molecule has 0 radical (unpaired) electrons. The SMILES string of the molecule is COC(=O)[C@H]1CC(=O)N(CC(C)C)C1. The van der Waals surface area contributed by atoms with E-state index in [0.717, 1.165) is 6.54 Å². The highest BCUT2D eigenvalue weighted by atomic mass is 16.5. The zero-order chi connectivity index (χ0) is 10.7. The zero-order valence-electron chi connectivity index (χ0n) is 8.95. The van der Waals surface area contributed by atoms with E-state index < -0.39 is 0 Å². The van der Waals surface area contributed by atoms with Crippen LogP contribution in [0.15, 0.2) is 0 Å². The Bertz CT molecular complexity index is 238. The molecule has 14 heavy (non-hydrogen) atoms. The quantitative estimate of drug-likeness (QED) is 0.627. The van der Waals surface area contributed by atoms with Crippen LogP contribution in [-0.2, 0) is 14.3 Å². The van der Waals surface area contributed by atoms with Crippen molar-refractivity contribution in [2.45, 2.75) is 20.3 Å². The van der Waals surface area contributed by atoms with Crippen molar-refractivity contribution in [2.24, 2.45) is 11.8 Å². The summed E-state index contributed by atoms with van der Waals surface area (Å²) in [7, 11) is 1.36. The lowest BCUT2D eigenvalue weighted by atomic mass is 10.1. The standard InChI is InChI=1S/C10H17NO3/c1-7(2)5-11-6-8(4-9(11)12)10(13)14-3/h7-8H,4-6H2,1-3H3/t8-/m0/s1. The third-order valence-electron chi connectivity index (χ3n) is 2.33. The van der Waals surface area contributed by atoms with Gasteiger partial charge in [-0.3, -0.25) is 9.59 Å². The van der Waals surface area contributed by atoms with E-state index in [1.807, 2.05) is 0 Å². The highest BCUT2D eigenvalue weighted by Gasteiger charge is 2.34. The average Bonchev–Trinajstić information content (AvgIpc) is 2.46. The van der Waals surface area contributed by atoms with Crippen LogP contribution in [0.2, 0.25) is 0 Å². The third-order valence-corrected chi connectivity index (χ3v) is 2.33. The fourth-order valence-electron chi connectivity index (χ4n) is 1.71. The zero-order valence-corrected chi connectivity index (χ0v) is 8.95. The van der Waals surface area contributed by atoms with Gasteiger partial charge in [-0.2, -0.15) is 0 Å². The van der Waals surface area contributed by atoms with Crippen molar-refractivity contribution in [3.05, 3.63) is 0 Å². The van der Waals surface area contributed by atoms with Crippen LogP contribution in [0, 0.1) is 11.8 Å². The highest BCUT2D eigenvalue weighted by Crippen LogP contribution is 2.19. The summed E-state index contributed by atoms with van der Waals surface area (Å²) in [6, 6.07) is 0. The number of ether oxygens (including phenoxy) is 1. The van der Waals surface area contributed by atoms with Gasteiger partial charge in [-0.25, -0.2) is 0 Å². The molecular formula is C10H17NO3. The van der Waals surface area contributed by atoms with Gasteiger partial charge in [0.05, 0.1) is 13.0 Å². The Morgan fingerprint density at radius 2 is 2.29 bits per heavy atom. The Morgan fingerprint density at radius 3 is 2.79 bits per heavy atom. The summed E-state index contributed by atoms with van der Waals surface area (Å²) < 4.78 is 4.62. The number of carbonyl (C=O) groups is 2. The molecule has 0 aliphatic carbocycles. The molecule has 4 nitrogen and oxygen atoms in total. The molecule has 0 N–H and O–H groups in total. The van der Waals surface area contributed by atoms with Gasteiger partial charge in [0, 0.05) is 19.5 Å². The largest absolute Gasteiger partial charge is 0.469 e. The second-order valence-electron chi connectivity index (χ2n) is 4.12. The molecule has 4 heteroatoms. The summed E-state index contributed by atoms with van der Waals surface area (Å²) in [5.74, 6) is -0.0275. The average molecular weight is 199 g/mol. The topological polar surface area (TPSA) is 46.6 Å². The number of hydrogen-bond donors (Lipinski definition) is 0. The Morgan fingerprint density at radius 1 is 1.64 bits per heavy atom. The molecule has 1 aliphatic rings. The van der Waals surface area contributed by atoms with Crippen molar-refractivity contribution in [3.8, 4) is 0 Å². The first-order chi connectivity index (χ1) is 6.54. The Labute approximate surface area is 84.2 Å². The molecule has 0 aromatic heterocycles. The molecule has 1 heterocycles. The number of rotatable bonds is 3. The van der Waals surface area contributed by atoms with Gasteiger partial charge in [-0.15, -0.1) is 0 Å². The summed E-state index contributed by atoms with van der Waals surface area (Å²) in [6.07, 6.45) is 0.305. The van der Waals surface area contributed by atoms with Gasteiger partial charge >= 0.3 is 5.97 Å². The fraction of sp³-hybridized carbons (Fsp3) is 0.800. The number of esters is 1. The number of carbonyl (C=O) groups excluding carboxylic acids is 2. The van der Waals surface area contributed by atoms with Crippen molar-refractivity contribution in [3.63, 3.8) is 0 Å². The summed E-state index contributed by atoms with van der Waals surface area (Å²) in [5.41, 5.74) is 0. The molecule has 0 bridgehead atoms. The molecule has 0 unspecified atom stereocenters. The Hall–Kier alpha value is -1.06. The van der Waals surface area contributed by atoms with E-state index in [-0.39, 0.29) is 17.8 Å². The molecule has 1 amide bonds. The van der Waals surface area contributed by atoms with Crippen molar-refractivity contribution in [1.29, 1.82) is 0 Å². The molecule has 0 spiro atoms. The monoisotopic (exact) mass is 199 g/mol. The molecule has 1 fully saturated rings. The van der Waals surface area contributed by atoms with Gasteiger partial charge in [0.2, 0.25) is 5.91 Å². The first-order valence-corrected chi connectivity index (χ1v) is 4.90. The van der Waals surface area contributed by atoms with Crippen LogP contribution in [-0.4, -0.2) is 37.0 Å². The lowest BCUT2D eigenvalue weighted by Crippen LogP contribution is -2.30. The first kappa shape index (κ1) is 11.0. The van der Waals surface area contributed by atoms with E-state index in [1.54, 1.807) is 4.90 Å². The third kappa shape index (κ3) is 2.47. The molecule has 80 valence electrons. The fourth-order valence-corrected chi connectivity index (χ4v) is 1.71. The van der Waals surface area contributed by atoms with Gasteiger partial charge in [0.15, 0.2) is 0 Å². The van der Waals surface area contributed by atoms with E-state index >= 15 is 0 Å². The molecule has 0 aromatic carbocycles. The second kappa shape index (κ2) is 4.44. The van der Waals surface area contributed by atoms with Crippen LogP contribution in [0.25, 0.3) is 0 Å². The molecule has 1 saturated heterocycles. The minimum atomic E-state index is -0.274. The van der Waals surface area contributed by atoms with Crippen LogP contribution in [0.4, 0.5) is 0 Å². The van der Waals surface area contributed by atoms with E-state index in [4.69, 9.17) is 0 Å². The van der Waals surface area contributed by atoms with E-state index in [9.17, 15) is 9.59 Å². The minimum absolute atomic E-state index is 0.0640. The molecule has 1 atom stereocenters. The summed E-state index contributed by atoms with van der Waals surface area (Å²) in [4.78, 5) is 24.4. The van der Waals surface area contributed by atoms with Crippen LogP contribution in [0.1, 0.15) is 20.3 Å². The molecular weight excluding hydrogens is 182 g/mol. The van der Waals surface area contributed by atoms with Gasteiger partial charge in [-0.05, 0) is 5.92 Å². The maximum absolute atomic E-state index is 11.5. The smallest absolute Gasteiger partial charge is 0.310 e. The maximum Gasteiger partial charge on any atom is 0.310 e. The number of methoxy groups -OCH3 is 1. The van der Waals surface area contributed by atoms with Crippen molar-refractivity contribution in [1.82, 2.24) is 4.90 Å². The molecule has 0 saturated carbocycles. The molecule has 1 aliphatic heterocycles. The predicted octanol–water partition coefficient (Wildman–Crippen LogP) is 0.664. The Kier molecular flexibility index (Phi) is 3.49. The van der Waals surface area contributed by atoms with Gasteiger partial charge < -0.3 is 9.64 Å². The van der Waals surface area contributed by atoms with Crippen LogP contribution in [0.5, 0.6) is 0 Å².